The molecule has 0 radical (unpaired) electrons. The molecule has 0 unspecified atom stereocenters. The standard InChI is InChI=1S/C18H15ClO2/c19-17-11-5-4-10-16(17)12-13-18(20)21-14-6-9-15-7-2-1-3-8-15/h1-13H,14H2/b9-6+,13-12+. The van der Waals surface area contributed by atoms with E-state index >= 15 is 0 Å². The van der Waals surface area contributed by atoms with E-state index in [9.17, 15) is 4.79 Å². The van der Waals surface area contributed by atoms with Crippen molar-refractivity contribution in [1.82, 2.24) is 0 Å². The summed E-state index contributed by atoms with van der Waals surface area (Å²) in [6.45, 7) is 0.237. The maximum Gasteiger partial charge on any atom is 0.331 e. The van der Waals surface area contributed by atoms with Crippen LogP contribution in [0.1, 0.15) is 11.1 Å². The van der Waals surface area contributed by atoms with Crippen LogP contribution >= 0.6 is 11.6 Å². The summed E-state index contributed by atoms with van der Waals surface area (Å²) in [4.78, 5) is 11.6. The van der Waals surface area contributed by atoms with Gasteiger partial charge in [0.25, 0.3) is 0 Å². The fourth-order valence-electron chi connectivity index (χ4n) is 1.69. The molecule has 2 rings (SSSR count). The first-order chi connectivity index (χ1) is 10.3. The highest BCUT2D eigenvalue weighted by molar-refractivity contribution is 6.32. The number of carbonyl (C=O) groups excluding carboxylic acids is 1. The molecule has 0 fully saturated rings. The summed E-state index contributed by atoms with van der Waals surface area (Å²) in [7, 11) is 0. The van der Waals surface area contributed by atoms with Crippen LogP contribution in [-0.2, 0) is 9.53 Å². The summed E-state index contributed by atoms with van der Waals surface area (Å²) < 4.78 is 5.07. The van der Waals surface area contributed by atoms with Crippen LogP contribution in [0.5, 0.6) is 0 Å². The fourth-order valence-corrected chi connectivity index (χ4v) is 1.89. The van der Waals surface area contributed by atoms with E-state index in [2.05, 4.69) is 0 Å². The number of benzene rings is 2. The molecule has 0 aliphatic heterocycles. The monoisotopic (exact) mass is 298 g/mol. The molecule has 2 aromatic carbocycles. The average molecular weight is 299 g/mol. The molecule has 106 valence electrons. The van der Waals surface area contributed by atoms with Gasteiger partial charge in [-0.05, 0) is 29.3 Å². The topological polar surface area (TPSA) is 26.3 Å². The SMILES string of the molecule is O=C(/C=C/c1ccccc1Cl)OC/C=C/c1ccccc1. The van der Waals surface area contributed by atoms with Crippen LogP contribution < -0.4 is 0 Å². The van der Waals surface area contributed by atoms with Crippen molar-refractivity contribution in [2.45, 2.75) is 0 Å². The zero-order valence-electron chi connectivity index (χ0n) is 11.4. The van der Waals surface area contributed by atoms with Crippen LogP contribution in [0, 0.1) is 0 Å². The molecular weight excluding hydrogens is 284 g/mol. The van der Waals surface area contributed by atoms with Crippen LogP contribution in [0.15, 0.2) is 66.7 Å². The van der Waals surface area contributed by atoms with Crippen LogP contribution in [0.25, 0.3) is 12.2 Å². The first-order valence-electron chi connectivity index (χ1n) is 6.56. The highest BCUT2D eigenvalue weighted by atomic mass is 35.5. The van der Waals surface area contributed by atoms with Crippen molar-refractivity contribution in [2.24, 2.45) is 0 Å². The molecule has 3 heteroatoms. The number of ether oxygens (including phenoxy) is 1. The van der Waals surface area contributed by atoms with Gasteiger partial charge in [0.05, 0.1) is 0 Å². The highest BCUT2D eigenvalue weighted by Crippen LogP contribution is 2.16. The summed E-state index contributed by atoms with van der Waals surface area (Å²) in [5.41, 5.74) is 1.86. The third kappa shape index (κ3) is 5.28. The van der Waals surface area contributed by atoms with Crippen molar-refractivity contribution in [1.29, 1.82) is 0 Å². The van der Waals surface area contributed by atoms with E-state index in [4.69, 9.17) is 16.3 Å². The number of carbonyl (C=O) groups is 1. The second kappa shape index (κ2) is 8.08. The lowest BCUT2D eigenvalue weighted by atomic mass is 10.2. The van der Waals surface area contributed by atoms with Crippen LogP contribution in [0.4, 0.5) is 0 Å². The van der Waals surface area contributed by atoms with Crippen molar-refractivity contribution >= 4 is 29.7 Å². The molecular formula is C18H15ClO2. The van der Waals surface area contributed by atoms with E-state index in [0.717, 1.165) is 11.1 Å². The van der Waals surface area contributed by atoms with Gasteiger partial charge in [0.15, 0.2) is 0 Å². The van der Waals surface area contributed by atoms with Gasteiger partial charge in [0.2, 0.25) is 0 Å². The molecule has 0 aliphatic carbocycles. The first-order valence-corrected chi connectivity index (χ1v) is 6.94. The van der Waals surface area contributed by atoms with E-state index in [0.29, 0.717) is 5.02 Å². The number of hydrogen-bond donors (Lipinski definition) is 0. The van der Waals surface area contributed by atoms with Gasteiger partial charge < -0.3 is 4.74 Å². The van der Waals surface area contributed by atoms with E-state index in [1.807, 2.05) is 54.6 Å². The zero-order chi connectivity index (χ0) is 14.9. The number of esters is 1. The molecule has 2 nitrogen and oxygen atoms in total. The number of hydrogen-bond acceptors (Lipinski definition) is 2. The minimum Gasteiger partial charge on any atom is -0.458 e. The summed E-state index contributed by atoms with van der Waals surface area (Å²) in [6, 6.07) is 17.1. The minimum atomic E-state index is -0.396. The normalized spacial score (nSPS) is 11.1. The lowest BCUT2D eigenvalue weighted by Crippen LogP contribution is -1.99. The van der Waals surface area contributed by atoms with Crippen molar-refractivity contribution in [3.8, 4) is 0 Å². The molecule has 0 aliphatic rings. The summed E-state index contributed by atoms with van der Waals surface area (Å²) in [5, 5.41) is 0.602. The van der Waals surface area contributed by atoms with Gasteiger partial charge in [0.1, 0.15) is 6.61 Å². The second-order valence-electron chi connectivity index (χ2n) is 4.30. The van der Waals surface area contributed by atoms with Gasteiger partial charge in [-0.25, -0.2) is 4.79 Å². The Morgan fingerprint density at radius 2 is 1.71 bits per heavy atom. The summed E-state index contributed by atoms with van der Waals surface area (Å²) in [5.74, 6) is -0.396. The van der Waals surface area contributed by atoms with Crippen LogP contribution in [-0.4, -0.2) is 12.6 Å². The third-order valence-electron chi connectivity index (χ3n) is 2.74. The highest BCUT2D eigenvalue weighted by Gasteiger charge is 1.97. The Labute approximate surface area is 129 Å². The van der Waals surface area contributed by atoms with Crippen molar-refractivity contribution in [2.75, 3.05) is 6.61 Å². The summed E-state index contributed by atoms with van der Waals surface area (Å²) in [6.07, 6.45) is 6.73. The number of rotatable bonds is 5. The average Bonchev–Trinajstić information content (AvgIpc) is 2.52. The smallest absolute Gasteiger partial charge is 0.331 e. The Hall–Kier alpha value is -2.32. The number of halogens is 1. The summed E-state index contributed by atoms with van der Waals surface area (Å²) >= 11 is 5.99. The second-order valence-corrected chi connectivity index (χ2v) is 4.71. The van der Waals surface area contributed by atoms with E-state index in [-0.39, 0.29) is 6.61 Å². The van der Waals surface area contributed by atoms with E-state index in [1.165, 1.54) is 6.08 Å². The molecule has 2 aromatic rings. The lowest BCUT2D eigenvalue weighted by molar-refractivity contribution is -0.136. The van der Waals surface area contributed by atoms with Gasteiger partial charge >= 0.3 is 5.97 Å². The van der Waals surface area contributed by atoms with E-state index in [1.54, 1.807) is 18.2 Å². The lowest BCUT2D eigenvalue weighted by Gasteiger charge is -1.98. The third-order valence-corrected chi connectivity index (χ3v) is 3.08. The van der Waals surface area contributed by atoms with Crippen LogP contribution in [0.2, 0.25) is 5.02 Å². The van der Waals surface area contributed by atoms with Crippen molar-refractivity contribution < 1.29 is 9.53 Å². The Kier molecular flexibility index (Phi) is 5.80. The molecule has 0 aromatic heterocycles. The largest absolute Gasteiger partial charge is 0.458 e. The molecule has 0 bridgehead atoms. The molecule has 21 heavy (non-hydrogen) atoms. The van der Waals surface area contributed by atoms with Gasteiger partial charge in [-0.15, -0.1) is 0 Å². The predicted octanol–water partition coefficient (Wildman–Crippen LogP) is 4.61. The molecule has 0 amide bonds. The molecule has 0 atom stereocenters. The fraction of sp³-hybridized carbons (Fsp3) is 0.0556. The van der Waals surface area contributed by atoms with Crippen molar-refractivity contribution in [3.05, 3.63) is 82.9 Å². The quantitative estimate of drug-likeness (QED) is 0.595. The molecule has 0 saturated heterocycles. The van der Waals surface area contributed by atoms with Crippen LogP contribution in [0.3, 0.4) is 0 Å². The Morgan fingerprint density at radius 3 is 2.48 bits per heavy atom. The zero-order valence-corrected chi connectivity index (χ0v) is 12.2. The first kappa shape index (κ1) is 15.1. The molecule has 0 saturated carbocycles. The molecule has 0 spiro atoms. The predicted molar refractivity (Wildman–Crippen MR) is 86.9 cm³/mol. The maximum atomic E-state index is 11.6. The van der Waals surface area contributed by atoms with E-state index < -0.39 is 5.97 Å². The minimum absolute atomic E-state index is 0.237. The van der Waals surface area contributed by atoms with Gasteiger partial charge in [-0.3, -0.25) is 0 Å². The van der Waals surface area contributed by atoms with Crippen molar-refractivity contribution in [3.63, 3.8) is 0 Å². The molecule has 0 heterocycles. The van der Waals surface area contributed by atoms with Gasteiger partial charge in [-0.2, -0.15) is 0 Å². The Morgan fingerprint density at radius 1 is 1.00 bits per heavy atom. The van der Waals surface area contributed by atoms with Gasteiger partial charge in [0, 0.05) is 11.1 Å². The molecule has 0 N–H and O–H groups in total. The Balaban J connectivity index is 1.80. The van der Waals surface area contributed by atoms with Gasteiger partial charge in [-0.1, -0.05) is 66.2 Å². The Bertz CT molecular complexity index is 645. The maximum absolute atomic E-state index is 11.6.